The van der Waals surface area contributed by atoms with Gasteiger partial charge in [-0.1, -0.05) is 12.1 Å². The molecule has 0 N–H and O–H groups in total. The van der Waals surface area contributed by atoms with Crippen molar-refractivity contribution in [2.24, 2.45) is 0 Å². The van der Waals surface area contributed by atoms with Crippen molar-refractivity contribution < 1.29 is 8.78 Å². The molecule has 17 heavy (non-hydrogen) atoms. The summed E-state index contributed by atoms with van der Waals surface area (Å²) in [7, 11) is 0. The molecule has 0 saturated heterocycles. The van der Waals surface area contributed by atoms with Crippen molar-refractivity contribution >= 4 is 0 Å². The van der Waals surface area contributed by atoms with Gasteiger partial charge < -0.3 is 4.57 Å². The third kappa shape index (κ3) is 2.09. The Morgan fingerprint density at radius 1 is 1.12 bits per heavy atom. The number of rotatable bonds is 2. The molecule has 0 atom stereocenters. The second-order valence-corrected chi connectivity index (χ2v) is 4.36. The minimum absolute atomic E-state index is 0.365. The summed E-state index contributed by atoms with van der Waals surface area (Å²) in [5.41, 5.74) is 3.83. The Morgan fingerprint density at radius 3 is 2.41 bits per heavy atom. The first-order chi connectivity index (χ1) is 8.00. The Bertz CT molecular complexity index is 556. The lowest BCUT2D eigenvalue weighted by molar-refractivity contribution is 0.495. The number of nitrogens with zero attached hydrogens (tertiary/aromatic N) is 1. The minimum Gasteiger partial charge on any atom is -0.347 e. The molecular formula is C14H15F2N. The van der Waals surface area contributed by atoms with Crippen LogP contribution in [0.15, 0.2) is 24.4 Å². The first kappa shape index (κ1) is 11.8. The van der Waals surface area contributed by atoms with Gasteiger partial charge in [0.1, 0.15) is 0 Å². The fourth-order valence-corrected chi connectivity index (χ4v) is 1.95. The average molecular weight is 235 g/mol. The van der Waals surface area contributed by atoms with Crippen molar-refractivity contribution in [3.05, 3.63) is 58.4 Å². The third-order valence-corrected chi connectivity index (χ3v) is 3.29. The largest absolute Gasteiger partial charge is 0.347 e. The molecule has 2 aromatic rings. The van der Waals surface area contributed by atoms with Gasteiger partial charge in [0, 0.05) is 17.5 Å². The molecule has 0 unspecified atom stereocenters. The summed E-state index contributed by atoms with van der Waals surface area (Å²) < 4.78 is 28.6. The lowest BCUT2D eigenvalue weighted by atomic mass is 10.2. The van der Waals surface area contributed by atoms with Crippen LogP contribution in [0.3, 0.4) is 0 Å². The Balaban J connectivity index is 2.38. The van der Waals surface area contributed by atoms with Crippen molar-refractivity contribution in [3.63, 3.8) is 0 Å². The number of hydrogen-bond donors (Lipinski definition) is 0. The van der Waals surface area contributed by atoms with Crippen molar-refractivity contribution in [1.29, 1.82) is 0 Å². The van der Waals surface area contributed by atoms with E-state index in [9.17, 15) is 8.78 Å². The van der Waals surface area contributed by atoms with Gasteiger partial charge in [-0.2, -0.15) is 0 Å². The first-order valence-corrected chi connectivity index (χ1v) is 5.56. The Labute approximate surface area is 99.7 Å². The molecular weight excluding hydrogens is 220 g/mol. The van der Waals surface area contributed by atoms with Crippen LogP contribution in [0.5, 0.6) is 0 Å². The maximum absolute atomic E-state index is 13.5. The van der Waals surface area contributed by atoms with E-state index in [1.165, 1.54) is 17.2 Å². The second kappa shape index (κ2) is 4.32. The zero-order chi connectivity index (χ0) is 12.6. The minimum atomic E-state index is -0.791. The summed E-state index contributed by atoms with van der Waals surface area (Å²) in [6.45, 7) is 6.40. The second-order valence-electron chi connectivity index (χ2n) is 4.36. The molecule has 0 amide bonds. The number of halogens is 2. The van der Waals surface area contributed by atoms with Crippen LogP contribution in [0.2, 0.25) is 0 Å². The average Bonchev–Trinajstić information content (AvgIpc) is 2.53. The van der Waals surface area contributed by atoms with Gasteiger partial charge in [0.15, 0.2) is 11.6 Å². The van der Waals surface area contributed by atoms with E-state index in [1.807, 2.05) is 31.5 Å². The summed E-state index contributed by atoms with van der Waals surface area (Å²) in [6, 6.07) is 4.28. The zero-order valence-corrected chi connectivity index (χ0v) is 10.2. The van der Waals surface area contributed by atoms with Crippen molar-refractivity contribution in [2.45, 2.75) is 27.3 Å². The number of aromatic nitrogens is 1. The lowest BCUT2D eigenvalue weighted by Gasteiger charge is -2.08. The van der Waals surface area contributed by atoms with E-state index in [1.54, 1.807) is 6.07 Å². The molecule has 0 aliphatic rings. The van der Waals surface area contributed by atoms with Crippen LogP contribution in [0.4, 0.5) is 8.78 Å². The number of hydrogen-bond acceptors (Lipinski definition) is 0. The van der Waals surface area contributed by atoms with Crippen molar-refractivity contribution in [1.82, 2.24) is 4.57 Å². The van der Waals surface area contributed by atoms with E-state index in [0.29, 0.717) is 12.1 Å². The van der Waals surface area contributed by atoms with Crippen LogP contribution in [-0.2, 0) is 6.54 Å². The normalized spacial score (nSPS) is 10.9. The standard InChI is InChI=1S/C14H15F2N/c1-9-7-17(11(3)10(9)2)8-12-5-4-6-13(15)14(12)16/h4-7H,8H2,1-3H3. The third-order valence-electron chi connectivity index (χ3n) is 3.29. The van der Waals surface area contributed by atoms with Gasteiger partial charge >= 0.3 is 0 Å². The van der Waals surface area contributed by atoms with Crippen molar-refractivity contribution in [3.8, 4) is 0 Å². The van der Waals surface area contributed by atoms with E-state index in [-0.39, 0.29) is 0 Å². The van der Waals surface area contributed by atoms with Crippen LogP contribution in [0.1, 0.15) is 22.4 Å². The Morgan fingerprint density at radius 2 is 1.82 bits per heavy atom. The van der Waals surface area contributed by atoms with E-state index in [0.717, 1.165) is 11.8 Å². The topological polar surface area (TPSA) is 4.93 Å². The molecule has 0 saturated carbocycles. The van der Waals surface area contributed by atoms with Crippen LogP contribution in [0.25, 0.3) is 0 Å². The summed E-state index contributed by atoms with van der Waals surface area (Å²) >= 11 is 0. The van der Waals surface area contributed by atoms with Crippen LogP contribution in [-0.4, -0.2) is 4.57 Å². The fourth-order valence-electron chi connectivity index (χ4n) is 1.95. The van der Waals surface area contributed by atoms with Gasteiger partial charge in [0.05, 0.1) is 6.54 Å². The quantitative estimate of drug-likeness (QED) is 0.747. The van der Waals surface area contributed by atoms with Crippen LogP contribution >= 0.6 is 0 Å². The van der Waals surface area contributed by atoms with Crippen LogP contribution in [0, 0.1) is 32.4 Å². The van der Waals surface area contributed by atoms with Gasteiger partial charge in [-0.15, -0.1) is 0 Å². The SMILES string of the molecule is Cc1cn(Cc2cccc(F)c2F)c(C)c1C. The first-order valence-electron chi connectivity index (χ1n) is 5.56. The summed E-state index contributed by atoms with van der Waals surface area (Å²) in [5.74, 6) is -1.54. The highest BCUT2D eigenvalue weighted by atomic mass is 19.2. The summed E-state index contributed by atoms with van der Waals surface area (Å²) in [5, 5.41) is 0. The highest BCUT2D eigenvalue weighted by Crippen LogP contribution is 2.18. The van der Waals surface area contributed by atoms with Gasteiger partial charge in [-0.3, -0.25) is 0 Å². The molecule has 0 radical (unpaired) electrons. The van der Waals surface area contributed by atoms with E-state index in [4.69, 9.17) is 0 Å². The molecule has 2 rings (SSSR count). The monoisotopic (exact) mass is 235 g/mol. The maximum atomic E-state index is 13.5. The Kier molecular flexibility index (Phi) is 3.01. The molecule has 1 heterocycles. The zero-order valence-electron chi connectivity index (χ0n) is 10.2. The molecule has 0 spiro atoms. The van der Waals surface area contributed by atoms with Gasteiger partial charge in [0.25, 0.3) is 0 Å². The summed E-state index contributed by atoms with van der Waals surface area (Å²) in [6.07, 6.45) is 1.97. The van der Waals surface area contributed by atoms with E-state index in [2.05, 4.69) is 0 Å². The number of benzene rings is 1. The van der Waals surface area contributed by atoms with E-state index >= 15 is 0 Å². The number of aryl methyl sites for hydroxylation is 1. The van der Waals surface area contributed by atoms with Crippen LogP contribution < -0.4 is 0 Å². The molecule has 90 valence electrons. The highest BCUT2D eigenvalue weighted by molar-refractivity contribution is 5.30. The predicted octanol–water partition coefficient (Wildman–Crippen LogP) is 3.74. The molecule has 3 heteroatoms. The molecule has 1 aromatic carbocycles. The molecule has 1 aromatic heterocycles. The molecule has 0 aliphatic carbocycles. The van der Waals surface area contributed by atoms with Gasteiger partial charge in [-0.25, -0.2) is 8.78 Å². The molecule has 0 aliphatic heterocycles. The molecule has 0 bridgehead atoms. The molecule has 1 nitrogen and oxygen atoms in total. The van der Waals surface area contributed by atoms with E-state index < -0.39 is 11.6 Å². The van der Waals surface area contributed by atoms with Crippen molar-refractivity contribution in [2.75, 3.05) is 0 Å². The smallest absolute Gasteiger partial charge is 0.163 e. The van der Waals surface area contributed by atoms with Gasteiger partial charge in [-0.05, 0) is 38.0 Å². The van der Waals surface area contributed by atoms with Gasteiger partial charge in [0.2, 0.25) is 0 Å². The predicted molar refractivity (Wildman–Crippen MR) is 64.1 cm³/mol. The summed E-state index contributed by atoms with van der Waals surface area (Å²) in [4.78, 5) is 0. The lowest BCUT2D eigenvalue weighted by Crippen LogP contribution is -2.04. The fraction of sp³-hybridized carbons (Fsp3) is 0.286. The molecule has 0 fully saturated rings. The highest BCUT2D eigenvalue weighted by Gasteiger charge is 2.10. The maximum Gasteiger partial charge on any atom is 0.163 e. The Hall–Kier alpha value is -1.64.